The maximum absolute atomic E-state index is 10.7. The Labute approximate surface area is 377 Å². The first-order valence-electron chi connectivity index (χ1n) is 27.6. The van der Waals surface area contributed by atoms with Crippen LogP contribution in [0.3, 0.4) is 0 Å². The van der Waals surface area contributed by atoms with Gasteiger partial charge in [0.2, 0.25) is 0 Å². The zero-order valence-electron chi connectivity index (χ0n) is 41.1. The van der Waals surface area contributed by atoms with Gasteiger partial charge in [0.1, 0.15) is 0 Å². The van der Waals surface area contributed by atoms with E-state index in [1.165, 1.54) is 296 Å². The largest absolute Gasteiger partial charge is 0.469 e. The van der Waals surface area contributed by atoms with E-state index in [0.29, 0.717) is 0 Å². The van der Waals surface area contributed by atoms with Crippen molar-refractivity contribution in [3.8, 4) is 0 Å². The zero-order chi connectivity index (χ0) is 43.6. The Kier molecular flexibility index (Phi) is 51.3. The normalized spacial score (nSPS) is 12.2. The van der Waals surface area contributed by atoms with Gasteiger partial charge in [-0.05, 0) is 71.0 Å². The van der Waals surface area contributed by atoms with Crippen molar-refractivity contribution in [2.24, 2.45) is 0 Å². The van der Waals surface area contributed by atoms with E-state index in [1.807, 2.05) is 0 Å². The maximum atomic E-state index is 10.7. The van der Waals surface area contributed by atoms with Crippen LogP contribution in [-0.2, 0) is 9.09 Å². The van der Waals surface area contributed by atoms with Gasteiger partial charge in [0.15, 0.2) is 0 Å². The van der Waals surface area contributed by atoms with E-state index in [2.05, 4.69) is 35.4 Å². The highest BCUT2D eigenvalue weighted by Gasteiger charge is 2.12. The zero-order valence-corrected chi connectivity index (χ0v) is 42.0. The lowest BCUT2D eigenvalue weighted by Crippen LogP contribution is -2.27. The van der Waals surface area contributed by atoms with Crippen LogP contribution in [0.2, 0.25) is 0 Å². The summed E-state index contributed by atoms with van der Waals surface area (Å²) in [4.78, 5) is 20.3. The Morgan fingerprint density at radius 1 is 0.333 bits per heavy atom. The topological polar surface area (TPSA) is 70.0 Å². The highest BCUT2D eigenvalue weighted by molar-refractivity contribution is 7.46. The van der Waals surface area contributed by atoms with Gasteiger partial charge in [0.25, 0.3) is 0 Å². The van der Waals surface area contributed by atoms with Crippen molar-refractivity contribution in [2.45, 2.75) is 309 Å². The van der Waals surface area contributed by atoms with E-state index in [0.717, 1.165) is 19.3 Å². The van der Waals surface area contributed by atoms with Crippen LogP contribution in [0.4, 0.5) is 0 Å². The van der Waals surface area contributed by atoms with Crippen molar-refractivity contribution in [1.82, 2.24) is 4.90 Å². The minimum Gasteiger partial charge on any atom is -0.303 e. The van der Waals surface area contributed by atoms with Crippen LogP contribution in [0, 0.1) is 0 Å². The van der Waals surface area contributed by atoms with Crippen LogP contribution in [0.25, 0.3) is 0 Å². The molecule has 0 saturated carbocycles. The minimum absolute atomic E-state index is 0.158. The number of allylic oxidation sites excluding steroid dienone is 2. The van der Waals surface area contributed by atoms with Crippen molar-refractivity contribution in [3.05, 3.63) is 12.2 Å². The second kappa shape index (κ2) is 51.4. The highest BCUT2D eigenvalue weighted by atomic mass is 31.2. The molecule has 0 aromatic carbocycles. The average Bonchev–Trinajstić information content (AvgIpc) is 3.23. The Bertz CT molecular complexity index is 827. The van der Waals surface area contributed by atoms with Crippen molar-refractivity contribution in [3.63, 3.8) is 0 Å². The molecule has 0 saturated heterocycles. The number of phosphoric acid groups is 1. The molecule has 0 radical (unpaired) electrons. The summed E-state index contributed by atoms with van der Waals surface area (Å²) in [6.07, 6.45) is 68.4. The lowest BCUT2D eigenvalue weighted by Gasteiger charge is -2.22. The molecule has 0 amide bonds. The third-order valence-electron chi connectivity index (χ3n) is 12.9. The van der Waals surface area contributed by atoms with Crippen LogP contribution in [0.15, 0.2) is 12.2 Å². The maximum Gasteiger partial charge on any atom is 0.469 e. The van der Waals surface area contributed by atoms with Gasteiger partial charge in [-0.3, -0.25) is 4.52 Å². The van der Waals surface area contributed by atoms with Crippen LogP contribution in [0.1, 0.15) is 309 Å². The summed E-state index contributed by atoms with van der Waals surface area (Å²) >= 11 is 0. The molecule has 0 unspecified atom stereocenters. The van der Waals surface area contributed by atoms with E-state index in [-0.39, 0.29) is 6.61 Å². The number of nitrogens with zero attached hydrogens (tertiary/aromatic N) is 1. The van der Waals surface area contributed by atoms with Crippen LogP contribution < -0.4 is 0 Å². The summed E-state index contributed by atoms with van der Waals surface area (Å²) in [5.74, 6) is 0. The summed E-state index contributed by atoms with van der Waals surface area (Å²) in [5.41, 5.74) is 0. The van der Waals surface area contributed by atoms with Gasteiger partial charge in [-0.2, -0.15) is 0 Å². The Morgan fingerprint density at radius 3 is 0.800 bits per heavy atom. The number of rotatable bonds is 53. The van der Waals surface area contributed by atoms with Crippen molar-refractivity contribution in [1.29, 1.82) is 0 Å². The molecule has 2 N–H and O–H groups in total. The molecule has 0 bridgehead atoms. The Morgan fingerprint density at radius 2 is 0.550 bits per heavy atom. The number of hydrogen-bond acceptors (Lipinski definition) is 3. The summed E-state index contributed by atoms with van der Waals surface area (Å²) in [5, 5.41) is 0. The molecule has 0 aliphatic carbocycles. The molecular formula is C54H110NO4P. The molecule has 6 heteroatoms. The molecule has 0 heterocycles. The molecular weight excluding hydrogens is 758 g/mol. The van der Waals surface area contributed by atoms with Crippen molar-refractivity contribution >= 4 is 7.82 Å². The molecule has 60 heavy (non-hydrogen) atoms. The second-order valence-corrected chi connectivity index (χ2v) is 20.3. The number of phosphoric ester groups is 1. The molecule has 0 rings (SSSR count). The third-order valence-corrected chi connectivity index (χ3v) is 13.5. The smallest absolute Gasteiger partial charge is 0.303 e. The molecule has 0 atom stereocenters. The molecule has 0 aliphatic rings. The lowest BCUT2D eigenvalue weighted by atomic mass is 10.0. The molecule has 360 valence electrons. The van der Waals surface area contributed by atoms with Crippen LogP contribution in [0.5, 0.6) is 0 Å². The molecule has 5 nitrogen and oxygen atoms in total. The predicted molar refractivity (Wildman–Crippen MR) is 267 cm³/mol. The molecule has 0 spiro atoms. The third kappa shape index (κ3) is 53.9. The standard InChI is InChI=1S/C54H110NO4P/c1-3-5-7-9-11-13-15-17-19-23-27-31-35-39-43-47-51-55(52-48-44-40-36-32-28-24-20-18-16-14-12-10-8-6-4-2)53-49-45-41-37-33-29-25-21-22-26-30-34-38-42-46-50-54-59-60(56,57)58/h21-22H,3-20,23-54H2,1-2H3,(H2,56,57,58)/b22-21-. The Balaban J connectivity index is 4.00. The van der Waals surface area contributed by atoms with Gasteiger partial charge in [-0.1, -0.05) is 270 Å². The first-order valence-corrected chi connectivity index (χ1v) is 29.1. The van der Waals surface area contributed by atoms with E-state index in [1.54, 1.807) is 0 Å². The van der Waals surface area contributed by atoms with Gasteiger partial charge >= 0.3 is 7.82 Å². The summed E-state index contributed by atoms with van der Waals surface area (Å²) in [6, 6.07) is 0. The van der Waals surface area contributed by atoms with Gasteiger partial charge in [-0.25, -0.2) is 4.57 Å². The van der Waals surface area contributed by atoms with E-state index >= 15 is 0 Å². The minimum atomic E-state index is -4.29. The van der Waals surface area contributed by atoms with Crippen LogP contribution in [-0.4, -0.2) is 40.9 Å². The van der Waals surface area contributed by atoms with Gasteiger partial charge in [0.05, 0.1) is 6.61 Å². The van der Waals surface area contributed by atoms with Gasteiger partial charge in [0, 0.05) is 0 Å². The van der Waals surface area contributed by atoms with Gasteiger partial charge < -0.3 is 14.7 Å². The van der Waals surface area contributed by atoms with E-state index < -0.39 is 7.82 Å². The SMILES string of the molecule is CCCCCCCCCCCCCCCCCCN(CCCCCCCC/C=C\CCCCCCCCOP(=O)(O)O)CCCCCCCCCCCCCCCCCC. The fraction of sp³-hybridized carbons (Fsp3) is 0.963. The summed E-state index contributed by atoms with van der Waals surface area (Å²) in [7, 11) is -4.29. The first-order chi connectivity index (χ1) is 29.5. The van der Waals surface area contributed by atoms with Gasteiger partial charge in [-0.15, -0.1) is 0 Å². The molecule has 0 aliphatic heterocycles. The summed E-state index contributed by atoms with van der Waals surface area (Å²) < 4.78 is 15.2. The lowest BCUT2D eigenvalue weighted by molar-refractivity contribution is 0.193. The fourth-order valence-corrected chi connectivity index (χ4v) is 9.26. The molecule has 0 aromatic heterocycles. The predicted octanol–water partition coefficient (Wildman–Crippen LogP) is 18.9. The number of unbranched alkanes of at least 4 members (excludes halogenated alkanes) is 42. The highest BCUT2D eigenvalue weighted by Crippen LogP contribution is 2.35. The quantitative estimate of drug-likeness (QED) is 0.0362. The fourth-order valence-electron chi connectivity index (χ4n) is 8.90. The molecule has 0 fully saturated rings. The summed E-state index contributed by atoms with van der Waals surface area (Å²) in [6.45, 7) is 8.77. The van der Waals surface area contributed by atoms with E-state index in [4.69, 9.17) is 9.79 Å². The van der Waals surface area contributed by atoms with E-state index in [9.17, 15) is 4.57 Å². The van der Waals surface area contributed by atoms with Crippen LogP contribution >= 0.6 is 7.82 Å². The monoisotopic (exact) mass is 868 g/mol. The Hall–Kier alpha value is -0.190. The second-order valence-electron chi connectivity index (χ2n) is 19.1. The van der Waals surface area contributed by atoms with Crippen molar-refractivity contribution in [2.75, 3.05) is 26.2 Å². The number of hydrogen-bond donors (Lipinski definition) is 2. The molecule has 0 aromatic rings. The van der Waals surface area contributed by atoms with Crippen molar-refractivity contribution < 1.29 is 18.9 Å². The first kappa shape index (κ1) is 59.8. The average molecular weight is 868 g/mol.